The van der Waals surface area contributed by atoms with Gasteiger partial charge in [0.2, 0.25) is 0 Å². The Hall–Kier alpha value is -3.31. The van der Waals surface area contributed by atoms with Crippen molar-refractivity contribution in [2.75, 3.05) is 13.7 Å². The van der Waals surface area contributed by atoms with Crippen molar-refractivity contribution >= 4 is 17.6 Å². The lowest BCUT2D eigenvalue weighted by molar-refractivity contribution is -0.145. The van der Waals surface area contributed by atoms with Gasteiger partial charge in [0.25, 0.3) is 5.91 Å². The molecular formula is C33H42N2O6. The van der Waals surface area contributed by atoms with Crippen LogP contribution >= 0.6 is 0 Å². The van der Waals surface area contributed by atoms with Crippen LogP contribution in [0.1, 0.15) is 70.8 Å². The summed E-state index contributed by atoms with van der Waals surface area (Å²) in [6.45, 7) is 4.30. The summed E-state index contributed by atoms with van der Waals surface area (Å²) in [5, 5.41) is 27.7. The second-order valence-electron chi connectivity index (χ2n) is 12.9. The molecule has 7 atom stereocenters. The molecular weight excluding hydrogens is 520 g/mol. The Bertz CT molecular complexity index is 1280. The van der Waals surface area contributed by atoms with Crippen LogP contribution in [0.5, 0.6) is 5.75 Å². The summed E-state index contributed by atoms with van der Waals surface area (Å²) < 4.78 is 4.85. The molecule has 0 spiro atoms. The number of esters is 1. The van der Waals surface area contributed by atoms with Gasteiger partial charge in [-0.05, 0) is 98.3 Å². The third-order valence-corrected chi connectivity index (χ3v) is 10.9. The number of rotatable bonds is 7. The van der Waals surface area contributed by atoms with Gasteiger partial charge in [0.1, 0.15) is 17.4 Å². The van der Waals surface area contributed by atoms with E-state index in [0.29, 0.717) is 24.2 Å². The van der Waals surface area contributed by atoms with E-state index in [9.17, 15) is 19.8 Å². The first-order chi connectivity index (χ1) is 19.5. The van der Waals surface area contributed by atoms with Gasteiger partial charge in [-0.1, -0.05) is 42.6 Å². The molecule has 5 rings (SSSR count). The van der Waals surface area contributed by atoms with Crippen molar-refractivity contribution in [3.8, 4) is 18.1 Å². The topological polar surface area (TPSA) is 117 Å². The Labute approximate surface area is 242 Å². The van der Waals surface area contributed by atoms with Crippen molar-refractivity contribution < 1.29 is 29.4 Å². The summed E-state index contributed by atoms with van der Waals surface area (Å²) in [5.41, 5.74) is 1.92. The molecule has 220 valence electrons. The fourth-order valence-corrected chi connectivity index (χ4v) is 8.51. The fourth-order valence-electron chi connectivity index (χ4n) is 8.51. The minimum atomic E-state index is -0.988. The minimum Gasteiger partial charge on any atom is -0.508 e. The molecule has 0 saturated heterocycles. The molecule has 1 amide bonds. The van der Waals surface area contributed by atoms with E-state index >= 15 is 0 Å². The van der Waals surface area contributed by atoms with Crippen LogP contribution in [0.15, 0.2) is 41.1 Å². The largest absolute Gasteiger partial charge is 0.508 e. The number of terminal acetylenes is 1. The molecule has 41 heavy (non-hydrogen) atoms. The molecule has 0 heterocycles. The van der Waals surface area contributed by atoms with E-state index < -0.39 is 23.5 Å². The van der Waals surface area contributed by atoms with Gasteiger partial charge in [-0.25, -0.2) is 4.79 Å². The Morgan fingerprint density at radius 2 is 1.85 bits per heavy atom. The number of oxime groups is 1. The summed E-state index contributed by atoms with van der Waals surface area (Å²) in [4.78, 5) is 30.3. The molecule has 3 fully saturated rings. The van der Waals surface area contributed by atoms with Gasteiger partial charge < -0.3 is 25.1 Å². The van der Waals surface area contributed by atoms with E-state index in [4.69, 9.17) is 16.0 Å². The molecule has 0 aliphatic heterocycles. The van der Waals surface area contributed by atoms with Crippen molar-refractivity contribution in [1.29, 1.82) is 0 Å². The maximum Gasteiger partial charge on any atom is 0.328 e. The van der Waals surface area contributed by atoms with E-state index in [2.05, 4.69) is 36.3 Å². The summed E-state index contributed by atoms with van der Waals surface area (Å²) in [5.74, 6) is 3.45. The van der Waals surface area contributed by atoms with Gasteiger partial charge in [-0.3, -0.25) is 4.79 Å². The summed E-state index contributed by atoms with van der Waals surface area (Å²) in [7, 11) is 1.27. The first kappa shape index (κ1) is 29.2. The Morgan fingerprint density at radius 3 is 2.56 bits per heavy atom. The Kier molecular flexibility index (Phi) is 7.95. The SMILES string of the molecule is C#C[C@@]1(O)CC[C@H]2[C@@H]3CCC4=C/C(=N/OCC(=O)N[C@H](Cc5ccc(O)cc5)C(=O)OC)CC[C@]4(C)[C@H]3CC[C@@]21C. The summed E-state index contributed by atoms with van der Waals surface area (Å²) >= 11 is 0. The number of fused-ring (bicyclic) bond motifs is 5. The van der Waals surface area contributed by atoms with Gasteiger partial charge in [0, 0.05) is 11.8 Å². The van der Waals surface area contributed by atoms with Crippen LogP contribution in [0.25, 0.3) is 0 Å². The Balaban J connectivity index is 1.20. The van der Waals surface area contributed by atoms with Crippen LogP contribution in [-0.4, -0.2) is 53.2 Å². The third-order valence-electron chi connectivity index (χ3n) is 10.9. The summed E-state index contributed by atoms with van der Waals surface area (Å²) in [6.07, 6.45) is 15.8. The van der Waals surface area contributed by atoms with E-state index in [0.717, 1.165) is 56.2 Å². The molecule has 1 aromatic carbocycles. The average molecular weight is 563 g/mol. The van der Waals surface area contributed by atoms with Crippen LogP contribution in [0, 0.1) is 40.9 Å². The number of amides is 1. The van der Waals surface area contributed by atoms with Crippen molar-refractivity contribution in [3.63, 3.8) is 0 Å². The van der Waals surface area contributed by atoms with Gasteiger partial charge in [0.15, 0.2) is 6.61 Å². The normalized spacial score (nSPS) is 35.6. The number of carbonyl (C=O) groups is 2. The lowest BCUT2D eigenvalue weighted by atomic mass is 9.46. The number of benzene rings is 1. The standard InChI is InChI=1S/C33H42N2O6/c1-5-33(39)17-14-27-25-11-8-22-19-23(12-15-31(22,2)26(25)13-16-32(27,33)3)35-41-20-29(37)34-28(30(38)40-4)18-21-6-9-24(36)10-7-21/h1,6-7,9-10,19,25-28,36,39H,8,11-18,20H2,2-4H3,(H,34,37)/b35-23+/t25-,26+,27+,28-,31+,32+,33-/m1/s1. The Morgan fingerprint density at radius 1 is 1.12 bits per heavy atom. The maximum atomic E-state index is 12.6. The molecule has 3 N–H and O–H groups in total. The molecule has 0 radical (unpaired) electrons. The number of hydrogen-bond acceptors (Lipinski definition) is 7. The molecule has 8 heteroatoms. The predicted octanol–water partition coefficient (Wildman–Crippen LogP) is 4.29. The van der Waals surface area contributed by atoms with Crippen molar-refractivity contribution in [1.82, 2.24) is 5.32 Å². The lowest BCUT2D eigenvalue weighted by Gasteiger charge is -2.58. The van der Waals surface area contributed by atoms with E-state index in [1.54, 1.807) is 12.1 Å². The number of aromatic hydroxyl groups is 1. The molecule has 4 aliphatic rings. The number of phenols is 1. The number of allylic oxidation sites excluding steroid dienone is 2. The van der Waals surface area contributed by atoms with Crippen molar-refractivity contribution in [3.05, 3.63) is 41.5 Å². The van der Waals surface area contributed by atoms with Crippen molar-refractivity contribution in [2.45, 2.75) is 83.3 Å². The molecule has 8 nitrogen and oxygen atoms in total. The smallest absolute Gasteiger partial charge is 0.328 e. The number of hydrogen-bond donors (Lipinski definition) is 3. The zero-order valence-electron chi connectivity index (χ0n) is 24.3. The number of aliphatic hydroxyl groups is 1. The van der Waals surface area contributed by atoms with E-state index in [1.165, 1.54) is 24.8 Å². The van der Waals surface area contributed by atoms with Gasteiger partial charge >= 0.3 is 5.97 Å². The number of ether oxygens (including phenoxy) is 1. The van der Waals surface area contributed by atoms with Crippen LogP contribution in [0.2, 0.25) is 0 Å². The highest BCUT2D eigenvalue weighted by atomic mass is 16.6. The zero-order chi connectivity index (χ0) is 29.4. The van der Waals surface area contributed by atoms with Crippen molar-refractivity contribution in [2.24, 2.45) is 33.7 Å². The molecule has 0 bridgehead atoms. The summed E-state index contributed by atoms with van der Waals surface area (Å²) in [6, 6.07) is 5.55. The third kappa shape index (κ3) is 5.25. The molecule has 0 unspecified atom stereocenters. The zero-order valence-corrected chi connectivity index (χ0v) is 24.3. The molecule has 4 aliphatic carbocycles. The second-order valence-corrected chi connectivity index (χ2v) is 12.9. The number of nitrogens with one attached hydrogen (secondary N) is 1. The number of phenolic OH excluding ortho intramolecular Hbond substituents is 1. The van der Waals surface area contributed by atoms with Crippen LogP contribution in [-0.2, 0) is 25.6 Å². The van der Waals surface area contributed by atoms with Gasteiger partial charge in [-0.2, -0.15) is 0 Å². The number of carbonyl (C=O) groups excluding carboxylic acids is 2. The van der Waals surface area contributed by atoms with Crippen LogP contribution in [0.3, 0.4) is 0 Å². The lowest BCUT2D eigenvalue weighted by Crippen LogP contribution is -2.54. The first-order valence-corrected chi connectivity index (χ1v) is 14.8. The molecule has 3 saturated carbocycles. The van der Waals surface area contributed by atoms with E-state index in [1.807, 2.05) is 0 Å². The van der Waals surface area contributed by atoms with Gasteiger partial charge in [0.05, 0.1) is 12.8 Å². The molecule has 0 aromatic heterocycles. The minimum absolute atomic E-state index is 0.0967. The molecule has 1 aromatic rings. The quantitative estimate of drug-likeness (QED) is 0.259. The monoisotopic (exact) mass is 562 g/mol. The highest BCUT2D eigenvalue weighted by Gasteiger charge is 2.63. The first-order valence-electron chi connectivity index (χ1n) is 14.8. The highest BCUT2D eigenvalue weighted by Crippen LogP contribution is 2.67. The number of methoxy groups -OCH3 is 1. The van der Waals surface area contributed by atoms with Gasteiger partial charge in [-0.15, -0.1) is 6.42 Å². The second kappa shape index (κ2) is 11.2. The maximum absolute atomic E-state index is 12.6. The fraction of sp³-hybridized carbons (Fsp3) is 0.606. The predicted molar refractivity (Wildman–Crippen MR) is 155 cm³/mol. The van der Waals surface area contributed by atoms with Crippen LogP contribution in [0.4, 0.5) is 0 Å². The van der Waals surface area contributed by atoms with E-state index in [-0.39, 0.29) is 29.6 Å². The number of nitrogens with zero attached hydrogens (tertiary/aromatic N) is 1. The average Bonchev–Trinajstić information content (AvgIpc) is 3.24. The highest BCUT2D eigenvalue weighted by molar-refractivity contribution is 5.96. The van der Waals surface area contributed by atoms with Crippen LogP contribution < -0.4 is 5.32 Å².